The Hall–Kier alpha value is -2.55. The molecule has 0 radical (unpaired) electrons. The molecule has 2 aromatic rings. The van der Waals surface area contributed by atoms with Crippen LogP contribution >= 0.6 is 0 Å². The van der Waals surface area contributed by atoms with E-state index in [0.29, 0.717) is 11.5 Å². The van der Waals surface area contributed by atoms with Gasteiger partial charge in [-0.15, -0.1) is 0 Å². The Morgan fingerprint density at radius 1 is 1.17 bits per heavy atom. The summed E-state index contributed by atoms with van der Waals surface area (Å²) in [5.74, 6) is 0.413. The molecular formula is C21H21NO2. The molecule has 0 saturated carbocycles. The van der Waals surface area contributed by atoms with Crippen molar-refractivity contribution in [2.24, 2.45) is 5.92 Å². The molecule has 0 unspecified atom stereocenters. The summed E-state index contributed by atoms with van der Waals surface area (Å²) in [6.45, 7) is 2.09. The highest BCUT2D eigenvalue weighted by Crippen LogP contribution is 2.51. The third-order valence-electron chi connectivity index (χ3n) is 5.29. The molecule has 0 saturated heterocycles. The van der Waals surface area contributed by atoms with Gasteiger partial charge in [0.1, 0.15) is 0 Å². The van der Waals surface area contributed by atoms with Crippen molar-refractivity contribution in [2.45, 2.75) is 25.3 Å². The van der Waals surface area contributed by atoms with Gasteiger partial charge in [0.25, 0.3) is 0 Å². The van der Waals surface area contributed by atoms with Gasteiger partial charge in [-0.25, -0.2) is 4.79 Å². The maximum absolute atomic E-state index is 12.3. The lowest BCUT2D eigenvalue weighted by molar-refractivity contribution is 0.0598. The first kappa shape index (κ1) is 15.0. The number of rotatable bonds is 2. The maximum atomic E-state index is 12.3. The highest BCUT2D eigenvalue weighted by atomic mass is 16.5. The van der Waals surface area contributed by atoms with E-state index in [1.165, 1.54) is 12.7 Å². The van der Waals surface area contributed by atoms with Crippen LogP contribution in [0.15, 0.2) is 54.6 Å². The minimum absolute atomic E-state index is 0.250. The van der Waals surface area contributed by atoms with Crippen molar-refractivity contribution in [1.82, 2.24) is 0 Å². The van der Waals surface area contributed by atoms with Crippen LogP contribution in [0, 0.1) is 12.8 Å². The van der Waals surface area contributed by atoms with E-state index in [1.54, 1.807) is 0 Å². The quantitative estimate of drug-likeness (QED) is 0.649. The second-order valence-corrected chi connectivity index (χ2v) is 6.60. The zero-order valence-electron chi connectivity index (χ0n) is 14.0. The summed E-state index contributed by atoms with van der Waals surface area (Å²) in [4.78, 5) is 12.3. The van der Waals surface area contributed by atoms with E-state index >= 15 is 0 Å². The molecule has 0 fully saturated rings. The predicted octanol–water partition coefficient (Wildman–Crippen LogP) is 4.61. The fourth-order valence-electron chi connectivity index (χ4n) is 4.13. The number of esters is 1. The van der Waals surface area contributed by atoms with E-state index in [1.807, 2.05) is 18.2 Å². The lowest BCUT2D eigenvalue weighted by Crippen LogP contribution is -2.31. The van der Waals surface area contributed by atoms with Crippen molar-refractivity contribution in [3.63, 3.8) is 0 Å². The molecule has 2 aliphatic rings. The minimum Gasteiger partial charge on any atom is -0.465 e. The molecule has 3 nitrogen and oxygen atoms in total. The average Bonchev–Trinajstić information content (AvgIpc) is 3.11. The van der Waals surface area contributed by atoms with Gasteiger partial charge in [-0.3, -0.25) is 0 Å². The van der Waals surface area contributed by atoms with Crippen molar-refractivity contribution >= 4 is 11.7 Å². The molecule has 4 rings (SSSR count). The van der Waals surface area contributed by atoms with E-state index in [0.717, 1.165) is 23.2 Å². The summed E-state index contributed by atoms with van der Waals surface area (Å²) in [6, 6.07) is 14.7. The normalized spacial score (nSPS) is 24.0. The van der Waals surface area contributed by atoms with Crippen molar-refractivity contribution in [3.8, 4) is 0 Å². The number of methoxy groups -OCH3 is 1. The zero-order valence-corrected chi connectivity index (χ0v) is 14.0. The molecular weight excluding hydrogens is 298 g/mol. The van der Waals surface area contributed by atoms with Crippen LogP contribution in [0.4, 0.5) is 5.69 Å². The second kappa shape index (κ2) is 5.82. The van der Waals surface area contributed by atoms with E-state index in [9.17, 15) is 4.79 Å². The molecule has 1 aliphatic carbocycles. The fraction of sp³-hybridized carbons (Fsp3) is 0.286. The van der Waals surface area contributed by atoms with Crippen molar-refractivity contribution in [2.75, 3.05) is 12.4 Å². The minimum atomic E-state index is -0.259. The van der Waals surface area contributed by atoms with Crippen molar-refractivity contribution in [1.29, 1.82) is 0 Å². The molecule has 3 heteroatoms. The van der Waals surface area contributed by atoms with Crippen LogP contribution in [0.5, 0.6) is 0 Å². The van der Waals surface area contributed by atoms with Gasteiger partial charge in [-0.1, -0.05) is 48.6 Å². The van der Waals surface area contributed by atoms with Gasteiger partial charge in [0, 0.05) is 11.6 Å². The van der Waals surface area contributed by atoms with Crippen LogP contribution in [-0.4, -0.2) is 13.1 Å². The summed E-state index contributed by atoms with van der Waals surface area (Å²) < 4.78 is 5.01. The first-order valence-electron chi connectivity index (χ1n) is 8.40. The standard InChI is InChI=1S/C21H21NO2/c1-13-11-12-17(21(23)24-2)18-15-9-6-10-16(15)20(22-19(13)18)14-7-4-3-5-8-14/h3-9,11-12,15-16,20,22H,10H2,1-2H3/t15-,16-,20+/m1/s1. The van der Waals surface area contributed by atoms with Crippen molar-refractivity contribution in [3.05, 3.63) is 76.9 Å². The Bertz CT molecular complexity index is 810. The number of ether oxygens (including phenoxy) is 1. The van der Waals surface area contributed by atoms with Gasteiger partial charge in [0.05, 0.1) is 18.7 Å². The largest absolute Gasteiger partial charge is 0.465 e. The highest BCUT2D eigenvalue weighted by molar-refractivity contribution is 5.94. The van der Waals surface area contributed by atoms with Crippen LogP contribution < -0.4 is 5.32 Å². The number of hydrogen-bond donors (Lipinski definition) is 1. The van der Waals surface area contributed by atoms with Crippen molar-refractivity contribution < 1.29 is 9.53 Å². The van der Waals surface area contributed by atoms with Crippen LogP contribution in [0.25, 0.3) is 0 Å². The third-order valence-corrected chi connectivity index (χ3v) is 5.29. The SMILES string of the molecule is COC(=O)c1ccc(C)c2c1[C@@H]1C=CC[C@H]1[C@H](c1ccccc1)N2. The Kier molecular flexibility index (Phi) is 3.64. The maximum Gasteiger partial charge on any atom is 0.338 e. The molecule has 0 spiro atoms. The summed E-state index contributed by atoms with van der Waals surface area (Å²) in [6.07, 6.45) is 5.52. The monoisotopic (exact) mass is 319 g/mol. The number of carbonyl (C=O) groups is 1. The average molecular weight is 319 g/mol. The number of allylic oxidation sites excluding steroid dienone is 2. The smallest absolute Gasteiger partial charge is 0.338 e. The Morgan fingerprint density at radius 3 is 2.71 bits per heavy atom. The summed E-state index contributed by atoms with van der Waals surface area (Å²) in [5, 5.41) is 3.72. The van der Waals surface area contributed by atoms with E-state index < -0.39 is 0 Å². The molecule has 2 aromatic carbocycles. The van der Waals surface area contributed by atoms with E-state index in [4.69, 9.17) is 4.74 Å². The number of fused-ring (bicyclic) bond motifs is 3. The molecule has 1 heterocycles. The van der Waals surface area contributed by atoms with Gasteiger partial charge < -0.3 is 10.1 Å². The molecule has 122 valence electrons. The highest BCUT2D eigenvalue weighted by Gasteiger charge is 2.40. The summed E-state index contributed by atoms with van der Waals surface area (Å²) in [7, 11) is 1.44. The second-order valence-electron chi connectivity index (χ2n) is 6.60. The number of hydrogen-bond acceptors (Lipinski definition) is 3. The Labute approximate surface area is 142 Å². The van der Waals surface area contributed by atoms with Gasteiger partial charge in [0.15, 0.2) is 0 Å². The lowest BCUT2D eigenvalue weighted by Gasteiger charge is -2.39. The van der Waals surface area contributed by atoms with Crippen LogP contribution in [0.3, 0.4) is 0 Å². The van der Waals surface area contributed by atoms with Crippen LogP contribution in [-0.2, 0) is 4.74 Å². The van der Waals surface area contributed by atoms with Crippen LogP contribution in [0.2, 0.25) is 0 Å². The molecule has 0 aromatic heterocycles. The zero-order chi connectivity index (χ0) is 16.7. The van der Waals surface area contributed by atoms with Gasteiger partial charge in [-0.05, 0) is 42.0 Å². The summed E-state index contributed by atoms with van der Waals surface area (Å²) in [5.41, 5.74) is 5.31. The van der Waals surface area contributed by atoms with E-state index in [-0.39, 0.29) is 17.9 Å². The number of nitrogens with one attached hydrogen (secondary N) is 1. The molecule has 1 N–H and O–H groups in total. The number of benzene rings is 2. The van der Waals surface area contributed by atoms with Gasteiger partial charge >= 0.3 is 5.97 Å². The van der Waals surface area contributed by atoms with E-state index in [2.05, 4.69) is 48.7 Å². The van der Waals surface area contributed by atoms with Crippen LogP contribution in [0.1, 0.15) is 45.4 Å². The molecule has 0 amide bonds. The van der Waals surface area contributed by atoms with Gasteiger partial charge in [-0.2, -0.15) is 0 Å². The number of aryl methyl sites for hydroxylation is 1. The van der Waals surface area contributed by atoms with Gasteiger partial charge in [0.2, 0.25) is 0 Å². The first-order chi connectivity index (χ1) is 11.7. The predicted molar refractivity (Wildman–Crippen MR) is 95.3 cm³/mol. The Morgan fingerprint density at radius 2 is 1.96 bits per heavy atom. The molecule has 0 bridgehead atoms. The summed E-state index contributed by atoms with van der Waals surface area (Å²) >= 11 is 0. The Balaban J connectivity index is 1.87. The molecule has 24 heavy (non-hydrogen) atoms. The first-order valence-corrected chi connectivity index (χ1v) is 8.40. The topological polar surface area (TPSA) is 38.3 Å². The molecule has 3 atom stereocenters. The fourth-order valence-corrected chi connectivity index (χ4v) is 4.13. The third kappa shape index (κ3) is 2.23. The molecule has 1 aliphatic heterocycles. The number of carbonyl (C=O) groups excluding carboxylic acids is 1. The number of anilines is 1. The lowest BCUT2D eigenvalue weighted by atomic mass is 9.75.